The van der Waals surface area contributed by atoms with E-state index >= 15 is 0 Å². The maximum Gasteiger partial charge on any atom is 0.0934 e. The van der Waals surface area contributed by atoms with Gasteiger partial charge >= 0.3 is 0 Å². The van der Waals surface area contributed by atoms with Crippen LogP contribution in [0.15, 0.2) is 11.6 Å². The van der Waals surface area contributed by atoms with Crippen molar-refractivity contribution in [3.05, 3.63) is 11.6 Å². The Morgan fingerprint density at radius 3 is 2.24 bits per heavy atom. The van der Waals surface area contributed by atoms with Gasteiger partial charge in [-0.2, -0.15) is 0 Å². The molecule has 50 heavy (non-hydrogen) atoms. The minimum atomic E-state index is 0.177. The Morgan fingerprint density at radius 1 is 0.780 bits per heavy atom. The fourth-order valence-electron chi connectivity index (χ4n) is 11.6. The molecule has 3 unspecified atom stereocenters. The first-order valence-corrected chi connectivity index (χ1v) is 22.2. The van der Waals surface area contributed by atoms with Crippen molar-refractivity contribution in [2.75, 3.05) is 47.1 Å². The van der Waals surface area contributed by atoms with E-state index in [1.807, 2.05) is 0 Å². The summed E-state index contributed by atoms with van der Waals surface area (Å²) >= 11 is 0. The van der Waals surface area contributed by atoms with Gasteiger partial charge in [0.15, 0.2) is 0 Å². The standard InChI is InChI=1S/C46H85NO3/c1-9-10-11-12-13-16-30-48-35-40(34-47(7)8)50-32-18-15-14-17-31-49-39-26-28-45(5)38(33-39)22-23-41-43-25-24-42(37(4)21-19-20-36(2)3)46(43,6)29-27-44(41)45/h22,36-37,39-44H,9-21,23-35H2,1-8H3/t37-,39+,40-,41?,42-,43?,44?,45+,46-/m1/s1. The molecule has 0 aliphatic heterocycles. The van der Waals surface area contributed by atoms with Gasteiger partial charge < -0.3 is 19.1 Å². The molecule has 9 atom stereocenters. The highest BCUT2D eigenvalue weighted by atomic mass is 16.5. The second-order valence-electron chi connectivity index (χ2n) is 19.0. The highest BCUT2D eigenvalue weighted by molar-refractivity contribution is 5.25. The Bertz CT molecular complexity index is 963. The van der Waals surface area contributed by atoms with Gasteiger partial charge in [-0.1, -0.05) is 117 Å². The molecule has 4 nitrogen and oxygen atoms in total. The molecule has 0 aromatic carbocycles. The molecule has 4 aliphatic rings. The summed E-state index contributed by atoms with van der Waals surface area (Å²) in [5.41, 5.74) is 2.78. The van der Waals surface area contributed by atoms with Crippen molar-refractivity contribution in [3.8, 4) is 0 Å². The number of hydrogen-bond donors (Lipinski definition) is 0. The van der Waals surface area contributed by atoms with Crippen LogP contribution in [0.25, 0.3) is 0 Å². The zero-order chi connectivity index (χ0) is 36.0. The number of ether oxygens (including phenoxy) is 3. The quantitative estimate of drug-likeness (QED) is 0.0701. The van der Waals surface area contributed by atoms with E-state index < -0.39 is 0 Å². The minimum absolute atomic E-state index is 0.177. The molecule has 3 fully saturated rings. The van der Waals surface area contributed by atoms with Gasteiger partial charge in [-0.05, 0) is 131 Å². The van der Waals surface area contributed by atoms with Crippen molar-refractivity contribution in [1.82, 2.24) is 4.90 Å². The first kappa shape index (κ1) is 42.3. The Morgan fingerprint density at radius 2 is 1.50 bits per heavy atom. The van der Waals surface area contributed by atoms with Crippen LogP contribution in [0.1, 0.15) is 176 Å². The highest BCUT2D eigenvalue weighted by Crippen LogP contribution is 2.67. The van der Waals surface area contributed by atoms with Crippen molar-refractivity contribution >= 4 is 0 Å². The van der Waals surface area contributed by atoms with Crippen LogP contribution in [0, 0.1) is 46.3 Å². The Hall–Kier alpha value is -0.420. The van der Waals surface area contributed by atoms with Crippen molar-refractivity contribution in [2.24, 2.45) is 46.3 Å². The van der Waals surface area contributed by atoms with Crippen LogP contribution >= 0.6 is 0 Å². The number of allylic oxidation sites excluding steroid dienone is 1. The van der Waals surface area contributed by atoms with Crippen LogP contribution < -0.4 is 0 Å². The Labute approximate surface area is 312 Å². The van der Waals surface area contributed by atoms with Gasteiger partial charge in [0.2, 0.25) is 0 Å². The minimum Gasteiger partial charge on any atom is -0.379 e. The average molecular weight is 700 g/mol. The SMILES string of the molecule is CCCCCCCCOC[C@@H](CN(C)C)OCCCCCCO[C@H]1CC[C@@]2(C)C(=CCC3C2CC[C@@]2(C)C3CC[C@@H]2[C@H](C)CCCC(C)C)C1. The second-order valence-corrected chi connectivity index (χ2v) is 19.0. The molecule has 0 spiro atoms. The molecule has 0 radical (unpaired) electrons. The molecular weight excluding hydrogens is 615 g/mol. The number of unbranched alkanes of at least 4 members (excludes halogenated alkanes) is 8. The van der Waals surface area contributed by atoms with E-state index in [2.05, 4.69) is 66.6 Å². The summed E-state index contributed by atoms with van der Waals surface area (Å²) in [5, 5.41) is 0. The zero-order valence-corrected chi connectivity index (χ0v) is 34.8. The molecule has 3 saturated carbocycles. The molecule has 4 aliphatic carbocycles. The van der Waals surface area contributed by atoms with Crippen molar-refractivity contribution < 1.29 is 14.2 Å². The van der Waals surface area contributed by atoms with E-state index in [4.69, 9.17) is 14.2 Å². The van der Waals surface area contributed by atoms with E-state index in [1.54, 1.807) is 5.57 Å². The summed E-state index contributed by atoms with van der Waals surface area (Å²) in [6.45, 7) is 19.4. The molecule has 0 amide bonds. The first-order valence-electron chi connectivity index (χ1n) is 22.2. The molecular formula is C46H85NO3. The fraction of sp³-hybridized carbons (Fsp3) is 0.957. The van der Waals surface area contributed by atoms with Crippen LogP contribution in [-0.2, 0) is 14.2 Å². The molecule has 4 rings (SSSR count). The van der Waals surface area contributed by atoms with Gasteiger partial charge in [-0.25, -0.2) is 0 Å². The molecule has 292 valence electrons. The Balaban J connectivity index is 1.11. The summed E-state index contributed by atoms with van der Waals surface area (Å²) in [7, 11) is 4.26. The van der Waals surface area contributed by atoms with Crippen molar-refractivity contribution in [2.45, 2.75) is 189 Å². The fourth-order valence-corrected chi connectivity index (χ4v) is 11.6. The summed E-state index contributed by atoms with van der Waals surface area (Å²) in [5.74, 6) is 5.48. The van der Waals surface area contributed by atoms with Crippen LogP contribution in [0.5, 0.6) is 0 Å². The van der Waals surface area contributed by atoms with E-state index in [9.17, 15) is 0 Å². The Kier molecular flexibility index (Phi) is 18.2. The number of rotatable bonds is 25. The molecule has 0 saturated heterocycles. The molecule has 0 bridgehead atoms. The predicted octanol–water partition coefficient (Wildman–Crippen LogP) is 12.3. The number of fused-ring (bicyclic) bond motifs is 5. The average Bonchev–Trinajstić information content (AvgIpc) is 3.44. The summed E-state index contributed by atoms with van der Waals surface area (Å²) in [6.07, 6.45) is 31.4. The number of hydrogen-bond acceptors (Lipinski definition) is 4. The second kappa shape index (κ2) is 21.5. The number of likely N-dealkylation sites (N-methyl/N-ethyl adjacent to an activating group) is 1. The van der Waals surface area contributed by atoms with Gasteiger partial charge in [0.1, 0.15) is 0 Å². The van der Waals surface area contributed by atoms with Crippen LogP contribution in [0.4, 0.5) is 0 Å². The lowest BCUT2D eigenvalue weighted by Gasteiger charge is -2.58. The van der Waals surface area contributed by atoms with Gasteiger partial charge in [-0.15, -0.1) is 0 Å². The molecule has 0 N–H and O–H groups in total. The van der Waals surface area contributed by atoms with E-state index in [0.717, 1.165) is 74.9 Å². The number of nitrogens with zero attached hydrogens (tertiary/aromatic N) is 1. The van der Waals surface area contributed by atoms with Crippen LogP contribution in [-0.4, -0.2) is 64.2 Å². The summed E-state index contributed by atoms with van der Waals surface area (Å²) < 4.78 is 18.9. The third kappa shape index (κ3) is 12.0. The van der Waals surface area contributed by atoms with E-state index in [-0.39, 0.29) is 6.10 Å². The van der Waals surface area contributed by atoms with Gasteiger partial charge in [0.05, 0.1) is 18.8 Å². The summed E-state index contributed by atoms with van der Waals surface area (Å²) in [4.78, 5) is 2.22. The lowest BCUT2D eigenvalue weighted by atomic mass is 9.47. The lowest BCUT2D eigenvalue weighted by Crippen LogP contribution is -2.51. The van der Waals surface area contributed by atoms with Gasteiger partial charge in [0, 0.05) is 26.4 Å². The normalized spacial score (nSPS) is 32.1. The van der Waals surface area contributed by atoms with E-state index in [1.165, 1.54) is 128 Å². The van der Waals surface area contributed by atoms with Crippen molar-refractivity contribution in [1.29, 1.82) is 0 Å². The topological polar surface area (TPSA) is 30.9 Å². The van der Waals surface area contributed by atoms with Crippen LogP contribution in [0.2, 0.25) is 0 Å². The van der Waals surface area contributed by atoms with Crippen LogP contribution in [0.3, 0.4) is 0 Å². The third-order valence-corrected chi connectivity index (χ3v) is 14.5. The van der Waals surface area contributed by atoms with Gasteiger partial charge in [0.25, 0.3) is 0 Å². The third-order valence-electron chi connectivity index (χ3n) is 14.5. The van der Waals surface area contributed by atoms with E-state index in [0.29, 0.717) is 16.9 Å². The maximum absolute atomic E-state index is 6.57. The molecule has 4 heteroatoms. The zero-order valence-electron chi connectivity index (χ0n) is 34.8. The van der Waals surface area contributed by atoms with Gasteiger partial charge in [-0.3, -0.25) is 0 Å². The monoisotopic (exact) mass is 700 g/mol. The molecule has 0 heterocycles. The highest BCUT2D eigenvalue weighted by Gasteiger charge is 2.59. The predicted molar refractivity (Wildman–Crippen MR) is 214 cm³/mol. The first-order chi connectivity index (χ1) is 24.1. The summed E-state index contributed by atoms with van der Waals surface area (Å²) in [6, 6.07) is 0. The smallest absolute Gasteiger partial charge is 0.0934 e. The molecule has 0 aromatic heterocycles. The largest absolute Gasteiger partial charge is 0.379 e. The lowest BCUT2D eigenvalue weighted by molar-refractivity contribution is -0.0641. The maximum atomic E-state index is 6.57. The molecule has 0 aromatic rings. The van der Waals surface area contributed by atoms with Crippen molar-refractivity contribution in [3.63, 3.8) is 0 Å².